The van der Waals surface area contributed by atoms with Gasteiger partial charge in [-0.3, -0.25) is 4.79 Å². The molecule has 3 nitrogen and oxygen atoms in total. The second-order valence-electron chi connectivity index (χ2n) is 5.94. The highest BCUT2D eigenvalue weighted by Crippen LogP contribution is 2.22. The summed E-state index contributed by atoms with van der Waals surface area (Å²) in [5.41, 5.74) is 0. The van der Waals surface area contributed by atoms with Crippen molar-refractivity contribution in [1.82, 2.24) is 0 Å². The monoisotopic (exact) mass is 308 g/mol. The molecule has 0 bridgehead atoms. The maximum Gasteiger partial charge on any atom is 0.311 e. The number of benzene rings is 2. The minimum absolute atomic E-state index is 0.0992. The first-order chi connectivity index (χ1) is 11.1. The van der Waals surface area contributed by atoms with E-state index in [0.717, 1.165) is 28.8 Å². The van der Waals surface area contributed by atoms with Gasteiger partial charge in [-0.05, 0) is 48.1 Å². The minimum atomic E-state index is -0.281. The summed E-state index contributed by atoms with van der Waals surface area (Å²) in [6.45, 7) is 1.54. The molecule has 0 spiro atoms. The summed E-state index contributed by atoms with van der Waals surface area (Å²) < 4.78 is 5.59. The number of Topliss-reactive ketones (excluding diaryl/α,β-unsaturated/α-hetero) is 1. The predicted octanol–water partition coefficient (Wildman–Crippen LogP) is 2.86. The van der Waals surface area contributed by atoms with E-state index in [0.29, 0.717) is 18.6 Å². The van der Waals surface area contributed by atoms with Crippen LogP contribution in [0.5, 0.6) is 5.75 Å². The van der Waals surface area contributed by atoms with Gasteiger partial charge in [0, 0.05) is 18.2 Å². The minimum Gasteiger partial charge on any atom is -0.426 e. The largest absolute Gasteiger partial charge is 0.426 e. The number of carbonyl (C=O) groups excluding carboxylic acids is 2. The van der Waals surface area contributed by atoms with Gasteiger partial charge < -0.3 is 9.53 Å². The van der Waals surface area contributed by atoms with Gasteiger partial charge >= 0.3 is 5.97 Å². The third-order valence-corrected chi connectivity index (χ3v) is 4.09. The molecule has 1 aliphatic carbocycles. The zero-order valence-electron chi connectivity index (χ0n) is 13.3. The molecule has 0 heterocycles. The Bertz CT molecular complexity index is 878. The Morgan fingerprint density at radius 1 is 1.04 bits per heavy atom. The smallest absolute Gasteiger partial charge is 0.311 e. The maximum atomic E-state index is 12.1. The van der Waals surface area contributed by atoms with Crippen LogP contribution < -0.4 is 15.2 Å². The zero-order valence-corrected chi connectivity index (χ0v) is 13.3. The third kappa shape index (κ3) is 3.50. The third-order valence-electron chi connectivity index (χ3n) is 4.09. The first kappa shape index (κ1) is 15.5. The fourth-order valence-corrected chi connectivity index (χ4v) is 2.99. The van der Waals surface area contributed by atoms with Gasteiger partial charge in [-0.1, -0.05) is 36.4 Å². The number of ketones is 1. The highest BCUT2D eigenvalue weighted by molar-refractivity contribution is 5.91. The van der Waals surface area contributed by atoms with Crippen molar-refractivity contribution in [3.05, 3.63) is 40.8 Å². The van der Waals surface area contributed by atoms with Crippen LogP contribution in [0.2, 0.25) is 0 Å². The molecule has 0 amide bonds. The topological polar surface area (TPSA) is 43.4 Å². The number of fused-ring (bicyclic) bond motifs is 3. The van der Waals surface area contributed by atoms with E-state index in [-0.39, 0.29) is 18.2 Å². The molecule has 1 aliphatic rings. The SMILES string of the molecule is CC(=O)CCCC(=O)Oc1cc2c(c3ccccc13)=CCCC=2. The lowest BCUT2D eigenvalue weighted by Gasteiger charge is -2.11. The number of carbonyl (C=O) groups is 2. The van der Waals surface area contributed by atoms with Crippen LogP contribution in [0.3, 0.4) is 0 Å². The number of hydrogen-bond acceptors (Lipinski definition) is 3. The quantitative estimate of drug-likeness (QED) is 0.630. The van der Waals surface area contributed by atoms with E-state index >= 15 is 0 Å². The molecule has 0 unspecified atom stereocenters. The van der Waals surface area contributed by atoms with E-state index < -0.39 is 0 Å². The molecule has 118 valence electrons. The highest BCUT2D eigenvalue weighted by atomic mass is 16.5. The molecule has 2 aromatic carbocycles. The number of ether oxygens (including phenoxy) is 1. The summed E-state index contributed by atoms with van der Waals surface area (Å²) in [7, 11) is 0. The normalized spacial score (nSPS) is 12.9. The number of rotatable bonds is 5. The molecule has 0 saturated heterocycles. The zero-order chi connectivity index (χ0) is 16.2. The van der Waals surface area contributed by atoms with Crippen molar-refractivity contribution in [3.63, 3.8) is 0 Å². The van der Waals surface area contributed by atoms with Crippen LogP contribution in [0.15, 0.2) is 30.3 Å². The Morgan fingerprint density at radius 3 is 2.57 bits per heavy atom. The van der Waals surface area contributed by atoms with E-state index in [1.165, 1.54) is 12.1 Å². The fourth-order valence-electron chi connectivity index (χ4n) is 2.99. The average molecular weight is 308 g/mol. The van der Waals surface area contributed by atoms with Crippen LogP contribution in [-0.2, 0) is 9.59 Å². The molecule has 0 N–H and O–H groups in total. The Morgan fingerprint density at radius 2 is 1.78 bits per heavy atom. The van der Waals surface area contributed by atoms with Crippen LogP contribution in [-0.4, -0.2) is 11.8 Å². The average Bonchev–Trinajstić information content (AvgIpc) is 2.55. The van der Waals surface area contributed by atoms with E-state index in [1.807, 2.05) is 24.3 Å². The first-order valence-corrected chi connectivity index (χ1v) is 8.07. The molecule has 3 rings (SSSR count). The van der Waals surface area contributed by atoms with Gasteiger partial charge in [0.1, 0.15) is 11.5 Å². The van der Waals surface area contributed by atoms with Gasteiger partial charge in [0.2, 0.25) is 0 Å². The molecule has 0 saturated carbocycles. The van der Waals surface area contributed by atoms with E-state index in [9.17, 15) is 9.59 Å². The summed E-state index contributed by atoms with van der Waals surface area (Å²) in [5.74, 6) is 0.428. The predicted molar refractivity (Wildman–Crippen MR) is 91.5 cm³/mol. The lowest BCUT2D eigenvalue weighted by atomic mass is 10.0. The Balaban J connectivity index is 1.93. The summed E-state index contributed by atoms with van der Waals surface area (Å²) in [5, 5.41) is 4.43. The van der Waals surface area contributed by atoms with Gasteiger partial charge in [0.05, 0.1) is 0 Å². The molecule has 0 fully saturated rings. The van der Waals surface area contributed by atoms with Gasteiger partial charge in [-0.2, -0.15) is 0 Å². The van der Waals surface area contributed by atoms with E-state index in [2.05, 4.69) is 18.2 Å². The lowest BCUT2D eigenvalue weighted by molar-refractivity contribution is -0.134. The van der Waals surface area contributed by atoms with Crippen LogP contribution >= 0.6 is 0 Å². The van der Waals surface area contributed by atoms with Crippen molar-refractivity contribution in [1.29, 1.82) is 0 Å². The fraction of sp³-hybridized carbons (Fsp3) is 0.300. The first-order valence-electron chi connectivity index (χ1n) is 8.07. The molecule has 0 radical (unpaired) electrons. The standard InChI is InChI=1S/C20H20O3/c1-14(21)7-6-12-20(22)23-19-13-15-8-2-3-9-16(15)17-10-4-5-11-18(17)19/h4-5,8-11,13H,2-3,6-7,12H2,1H3. The Kier molecular flexibility index (Phi) is 4.56. The van der Waals surface area contributed by atoms with Crippen LogP contribution in [0, 0.1) is 0 Å². The number of esters is 1. The molecular formula is C20H20O3. The lowest BCUT2D eigenvalue weighted by Crippen LogP contribution is -2.28. The summed E-state index contributed by atoms with van der Waals surface area (Å²) in [6, 6.07) is 9.96. The second kappa shape index (κ2) is 6.78. The molecule has 3 heteroatoms. The van der Waals surface area contributed by atoms with Crippen LogP contribution in [0.25, 0.3) is 22.9 Å². The van der Waals surface area contributed by atoms with Crippen LogP contribution in [0.4, 0.5) is 0 Å². The molecule has 0 aliphatic heterocycles. The maximum absolute atomic E-state index is 12.1. The van der Waals surface area contributed by atoms with Gasteiger partial charge in [0.15, 0.2) is 0 Å². The van der Waals surface area contributed by atoms with Crippen molar-refractivity contribution in [2.75, 3.05) is 0 Å². The van der Waals surface area contributed by atoms with Gasteiger partial charge in [-0.25, -0.2) is 0 Å². The van der Waals surface area contributed by atoms with Gasteiger partial charge in [-0.15, -0.1) is 0 Å². The second-order valence-corrected chi connectivity index (χ2v) is 5.94. The van der Waals surface area contributed by atoms with Crippen molar-refractivity contribution >= 4 is 34.7 Å². The summed E-state index contributed by atoms with van der Waals surface area (Å²) in [6.07, 6.45) is 7.71. The van der Waals surface area contributed by atoms with Crippen molar-refractivity contribution in [3.8, 4) is 5.75 Å². The van der Waals surface area contributed by atoms with Gasteiger partial charge in [0.25, 0.3) is 0 Å². The number of hydrogen-bond donors (Lipinski definition) is 0. The highest BCUT2D eigenvalue weighted by Gasteiger charge is 2.11. The molecular weight excluding hydrogens is 288 g/mol. The summed E-state index contributed by atoms with van der Waals surface area (Å²) in [4.78, 5) is 23.0. The molecule has 23 heavy (non-hydrogen) atoms. The van der Waals surface area contributed by atoms with Crippen molar-refractivity contribution in [2.45, 2.75) is 39.0 Å². The van der Waals surface area contributed by atoms with E-state index in [4.69, 9.17) is 4.74 Å². The molecule has 0 aromatic heterocycles. The Hall–Kier alpha value is -2.42. The van der Waals surface area contributed by atoms with Crippen molar-refractivity contribution in [2.24, 2.45) is 0 Å². The molecule has 2 aromatic rings. The molecule has 0 atom stereocenters. The van der Waals surface area contributed by atoms with Crippen LogP contribution in [0.1, 0.15) is 39.0 Å². The Labute approximate surface area is 135 Å². The van der Waals surface area contributed by atoms with Crippen molar-refractivity contribution < 1.29 is 14.3 Å². The van der Waals surface area contributed by atoms with E-state index in [1.54, 1.807) is 0 Å². The summed E-state index contributed by atoms with van der Waals surface area (Å²) >= 11 is 0.